The molecule has 1 saturated heterocycles. The van der Waals surface area contributed by atoms with Crippen molar-refractivity contribution in [2.24, 2.45) is 0 Å². The second-order valence-corrected chi connectivity index (χ2v) is 7.58. The molecular weight excluding hydrogens is 408 g/mol. The summed E-state index contributed by atoms with van der Waals surface area (Å²) in [5, 5.41) is 6.89. The largest absolute Gasteiger partial charge is 0.483 e. The molecule has 1 aliphatic rings. The first-order valence-corrected chi connectivity index (χ1v) is 10.4. The Morgan fingerprint density at radius 2 is 2.00 bits per heavy atom. The van der Waals surface area contributed by atoms with Gasteiger partial charge in [-0.25, -0.2) is 15.0 Å². The number of likely N-dealkylation sites (tertiary alicyclic amines) is 1. The standard InChI is InChI=1S/C22H22N6O.CH2O2/c29-22(28-9-4-7-19(28)14-26-10-8-23-15-26)18-11-20-21(24-12-18)27(16-25-20)13-17-5-2-1-3-6-17;2-1-3/h1-3,5-6,8,10-12,15-16,19H,4,7,9,13-14H2;1H,(H,2,3). The van der Waals surface area contributed by atoms with E-state index in [-0.39, 0.29) is 18.4 Å². The number of carbonyl (C=O) groups is 2. The van der Waals surface area contributed by atoms with Crippen molar-refractivity contribution >= 4 is 23.5 Å². The second kappa shape index (κ2) is 9.86. The van der Waals surface area contributed by atoms with Crippen molar-refractivity contribution in [2.75, 3.05) is 6.54 Å². The predicted octanol–water partition coefficient (Wildman–Crippen LogP) is 2.68. The third-order valence-corrected chi connectivity index (χ3v) is 5.52. The van der Waals surface area contributed by atoms with Gasteiger partial charge < -0.3 is 19.1 Å². The smallest absolute Gasteiger partial charge is 0.290 e. The summed E-state index contributed by atoms with van der Waals surface area (Å²) in [5.41, 5.74) is 3.33. The Labute approximate surface area is 185 Å². The summed E-state index contributed by atoms with van der Waals surface area (Å²) in [7, 11) is 0. The van der Waals surface area contributed by atoms with Gasteiger partial charge in [-0.3, -0.25) is 9.59 Å². The van der Waals surface area contributed by atoms with Crippen LogP contribution in [0.3, 0.4) is 0 Å². The number of hydrogen-bond donors (Lipinski definition) is 1. The van der Waals surface area contributed by atoms with E-state index in [1.54, 1.807) is 25.0 Å². The molecule has 0 spiro atoms. The zero-order valence-electron chi connectivity index (χ0n) is 17.5. The Balaban J connectivity index is 0.000000775. The maximum absolute atomic E-state index is 13.2. The predicted molar refractivity (Wildman–Crippen MR) is 118 cm³/mol. The molecule has 0 aliphatic carbocycles. The minimum absolute atomic E-state index is 0.0274. The van der Waals surface area contributed by atoms with Crippen LogP contribution in [0.4, 0.5) is 0 Å². The molecule has 1 atom stereocenters. The molecular formula is C23H24N6O3. The molecule has 1 amide bonds. The molecule has 1 N–H and O–H groups in total. The zero-order valence-corrected chi connectivity index (χ0v) is 17.5. The van der Waals surface area contributed by atoms with Gasteiger partial charge in [-0.1, -0.05) is 30.3 Å². The molecule has 0 radical (unpaired) electrons. The molecule has 4 heterocycles. The average Bonchev–Trinajstić information content (AvgIpc) is 3.57. The Morgan fingerprint density at radius 1 is 1.19 bits per heavy atom. The summed E-state index contributed by atoms with van der Waals surface area (Å²) in [6.45, 7) is 2.00. The van der Waals surface area contributed by atoms with Gasteiger partial charge in [-0.05, 0) is 24.5 Å². The molecule has 9 nitrogen and oxygen atoms in total. The van der Waals surface area contributed by atoms with Crippen molar-refractivity contribution in [2.45, 2.75) is 32.0 Å². The van der Waals surface area contributed by atoms with Crippen molar-refractivity contribution in [1.29, 1.82) is 0 Å². The quantitative estimate of drug-likeness (QED) is 0.486. The SMILES string of the molecule is O=C(c1cnc2c(c1)ncn2Cc1ccccc1)N1CCCC1Cn1ccnc1.O=CO. The van der Waals surface area contributed by atoms with Crippen LogP contribution in [0.2, 0.25) is 0 Å². The van der Waals surface area contributed by atoms with Crippen molar-refractivity contribution in [1.82, 2.24) is 29.0 Å². The number of carbonyl (C=O) groups excluding carboxylic acids is 1. The monoisotopic (exact) mass is 432 g/mol. The minimum atomic E-state index is -0.250. The van der Waals surface area contributed by atoms with Gasteiger partial charge in [0.2, 0.25) is 0 Å². The van der Waals surface area contributed by atoms with Gasteiger partial charge in [0.25, 0.3) is 12.4 Å². The van der Waals surface area contributed by atoms with E-state index in [1.165, 1.54) is 5.56 Å². The van der Waals surface area contributed by atoms with E-state index in [0.717, 1.165) is 37.1 Å². The van der Waals surface area contributed by atoms with Gasteiger partial charge in [-0.2, -0.15) is 0 Å². The van der Waals surface area contributed by atoms with E-state index in [1.807, 2.05) is 44.5 Å². The fourth-order valence-electron chi connectivity index (χ4n) is 4.06. The maximum atomic E-state index is 13.2. The number of fused-ring (bicyclic) bond motifs is 1. The highest BCUT2D eigenvalue weighted by Gasteiger charge is 2.30. The first-order chi connectivity index (χ1) is 15.7. The van der Waals surface area contributed by atoms with E-state index in [0.29, 0.717) is 12.1 Å². The van der Waals surface area contributed by atoms with Crippen molar-refractivity contribution in [3.05, 3.63) is 78.8 Å². The molecule has 5 rings (SSSR count). The molecule has 9 heteroatoms. The van der Waals surface area contributed by atoms with E-state index in [2.05, 4.69) is 27.1 Å². The van der Waals surface area contributed by atoms with Gasteiger partial charge in [0.05, 0.1) is 24.8 Å². The molecule has 0 bridgehead atoms. The highest BCUT2D eigenvalue weighted by Crippen LogP contribution is 2.23. The third kappa shape index (κ3) is 4.66. The van der Waals surface area contributed by atoms with Crippen molar-refractivity contribution in [3.63, 3.8) is 0 Å². The molecule has 1 fully saturated rings. The summed E-state index contributed by atoms with van der Waals surface area (Å²) in [4.78, 5) is 36.6. The van der Waals surface area contributed by atoms with E-state index >= 15 is 0 Å². The van der Waals surface area contributed by atoms with Crippen LogP contribution in [0.1, 0.15) is 28.8 Å². The fraction of sp³-hybridized carbons (Fsp3) is 0.261. The number of imidazole rings is 2. The van der Waals surface area contributed by atoms with E-state index in [9.17, 15) is 4.79 Å². The summed E-state index contributed by atoms with van der Waals surface area (Å²) in [6.07, 6.45) is 11.0. The van der Waals surface area contributed by atoms with Gasteiger partial charge in [0.15, 0.2) is 5.65 Å². The zero-order chi connectivity index (χ0) is 22.3. The third-order valence-electron chi connectivity index (χ3n) is 5.52. The second-order valence-electron chi connectivity index (χ2n) is 7.58. The van der Waals surface area contributed by atoms with Crippen LogP contribution >= 0.6 is 0 Å². The highest BCUT2D eigenvalue weighted by atomic mass is 16.3. The Kier molecular flexibility index (Phi) is 6.54. The van der Waals surface area contributed by atoms with Crippen LogP contribution in [-0.2, 0) is 17.9 Å². The summed E-state index contributed by atoms with van der Waals surface area (Å²) < 4.78 is 4.04. The lowest BCUT2D eigenvalue weighted by Gasteiger charge is -2.25. The number of hydrogen-bond acceptors (Lipinski definition) is 5. The van der Waals surface area contributed by atoms with Crippen LogP contribution in [0.5, 0.6) is 0 Å². The van der Waals surface area contributed by atoms with Crippen molar-refractivity contribution in [3.8, 4) is 0 Å². The fourth-order valence-corrected chi connectivity index (χ4v) is 4.06. The lowest BCUT2D eigenvalue weighted by Crippen LogP contribution is -2.38. The average molecular weight is 432 g/mol. The molecule has 4 aromatic rings. The van der Waals surface area contributed by atoms with Gasteiger partial charge >= 0.3 is 0 Å². The number of nitrogens with zero attached hydrogens (tertiary/aromatic N) is 6. The highest BCUT2D eigenvalue weighted by molar-refractivity contribution is 5.96. The van der Waals surface area contributed by atoms with Crippen LogP contribution in [-0.4, -0.2) is 59.1 Å². The molecule has 0 saturated carbocycles. The van der Waals surface area contributed by atoms with E-state index < -0.39 is 0 Å². The van der Waals surface area contributed by atoms with E-state index in [4.69, 9.17) is 9.90 Å². The summed E-state index contributed by atoms with van der Waals surface area (Å²) in [6, 6.07) is 12.3. The number of rotatable bonds is 5. The first kappa shape index (κ1) is 21.2. The number of aromatic nitrogens is 5. The van der Waals surface area contributed by atoms with Gasteiger partial charge in [0, 0.05) is 37.7 Å². The number of pyridine rings is 1. The Hall–Kier alpha value is -4.01. The molecule has 1 aliphatic heterocycles. The molecule has 1 aromatic carbocycles. The topological polar surface area (TPSA) is 106 Å². The van der Waals surface area contributed by atoms with Crippen LogP contribution in [0, 0.1) is 0 Å². The Morgan fingerprint density at radius 3 is 2.75 bits per heavy atom. The summed E-state index contributed by atoms with van der Waals surface area (Å²) in [5.74, 6) is 0.0274. The van der Waals surface area contributed by atoms with Crippen LogP contribution in [0.25, 0.3) is 11.2 Å². The van der Waals surface area contributed by atoms with Crippen molar-refractivity contribution < 1.29 is 14.7 Å². The number of benzene rings is 1. The van der Waals surface area contributed by atoms with Crippen LogP contribution < -0.4 is 0 Å². The molecule has 1 unspecified atom stereocenters. The minimum Gasteiger partial charge on any atom is -0.483 e. The number of amides is 1. The maximum Gasteiger partial charge on any atom is 0.290 e. The lowest BCUT2D eigenvalue weighted by atomic mass is 10.2. The first-order valence-electron chi connectivity index (χ1n) is 10.4. The van der Waals surface area contributed by atoms with Crippen LogP contribution in [0.15, 0.2) is 67.6 Å². The number of carboxylic acid groups (broad SMARTS) is 1. The molecule has 32 heavy (non-hydrogen) atoms. The summed E-state index contributed by atoms with van der Waals surface area (Å²) >= 11 is 0. The molecule has 164 valence electrons. The normalized spacial score (nSPS) is 15.4. The van der Waals surface area contributed by atoms with Gasteiger partial charge in [0.1, 0.15) is 5.52 Å². The Bertz CT molecular complexity index is 1170. The van der Waals surface area contributed by atoms with Gasteiger partial charge in [-0.15, -0.1) is 0 Å². The molecule has 3 aromatic heterocycles. The lowest BCUT2D eigenvalue weighted by molar-refractivity contribution is -0.122.